The summed E-state index contributed by atoms with van der Waals surface area (Å²) in [7, 11) is 0. The van der Waals surface area contributed by atoms with Crippen LogP contribution in [0.3, 0.4) is 0 Å². The van der Waals surface area contributed by atoms with Crippen LogP contribution in [0.15, 0.2) is 12.3 Å². The van der Waals surface area contributed by atoms with Crippen LogP contribution in [-0.4, -0.2) is 27.5 Å². The molecule has 7 nitrogen and oxygen atoms in total. The van der Waals surface area contributed by atoms with Crippen LogP contribution in [0.5, 0.6) is 0 Å². The Hall–Kier alpha value is -2.18. The summed E-state index contributed by atoms with van der Waals surface area (Å²) in [4.78, 5) is 26.9. The molecule has 1 rings (SSSR count). The third kappa shape index (κ3) is 3.52. The number of hydrogen-bond donors (Lipinski definition) is 1. The van der Waals surface area contributed by atoms with Crippen LogP contribution in [0.2, 0.25) is 0 Å². The van der Waals surface area contributed by atoms with Crippen LogP contribution in [0.25, 0.3) is 6.08 Å². The summed E-state index contributed by atoms with van der Waals surface area (Å²) in [5.41, 5.74) is 0. The number of hydrogen-bond acceptors (Lipinski definition) is 5. The number of nitro groups is 1. The molecule has 1 N–H and O–H groups in total. The molecule has 0 spiro atoms. The number of imidazole rings is 1. The standard InChI is InChI=1S/C9H11N3O4/c1-2-16-9(13)5-3-4-7-10-6-8(11-7)12(14)15/h3-4,6H,2,5H2,1H3,(H,10,11). The highest BCUT2D eigenvalue weighted by molar-refractivity contribution is 5.72. The summed E-state index contributed by atoms with van der Waals surface area (Å²) in [6.07, 6.45) is 4.25. The second-order valence-electron chi connectivity index (χ2n) is 2.82. The van der Waals surface area contributed by atoms with Gasteiger partial charge >= 0.3 is 11.8 Å². The van der Waals surface area contributed by atoms with Crippen molar-refractivity contribution >= 4 is 17.9 Å². The highest BCUT2D eigenvalue weighted by Gasteiger charge is 2.07. The van der Waals surface area contributed by atoms with Crippen LogP contribution in [0.1, 0.15) is 19.2 Å². The molecule has 1 aromatic heterocycles. The molecule has 0 unspecified atom stereocenters. The third-order valence-corrected chi connectivity index (χ3v) is 1.64. The number of nitrogens with one attached hydrogen (secondary N) is 1. The number of H-pyrrole nitrogens is 1. The van der Waals surface area contributed by atoms with Crippen molar-refractivity contribution in [3.63, 3.8) is 0 Å². The summed E-state index contributed by atoms with van der Waals surface area (Å²) in [6, 6.07) is 0. The van der Waals surface area contributed by atoms with E-state index in [-0.39, 0.29) is 18.2 Å². The van der Waals surface area contributed by atoms with Crippen LogP contribution >= 0.6 is 0 Å². The lowest BCUT2D eigenvalue weighted by Gasteiger charge is -1.95. The molecule has 0 aliphatic carbocycles. The summed E-state index contributed by atoms with van der Waals surface area (Å²) in [5.74, 6) is -0.202. The lowest BCUT2D eigenvalue weighted by Crippen LogP contribution is -2.01. The minimum atomic E-state index is -0.574. The smallest absolute Gasteiger partial charge is 0.340 e. The van der Waals surface area contributed by atoms with Gasteiger partial charge < -0.3 is 14.9 Å². The fraction of sp³-hybridized carbons (Fsp3) is 0.333. The van der Waals surface area contributed by atoms with Crippen molar-refractivity contribution < 1.29 is 14.5 Å². The predicted octanol–water partition coefficient (Wildman–Crippen LogP) is 1.28. The van der Waals surface area contributed by atoms with Gasteiger partial charge in [-0.3, -0.25) is 4.79 Å². The lowest BCUT2D eigenvalue weighted by atomic mass is 10.4. The summed E-state index contributed by atoms with van der Waals surface area (Å²) in [5, 5.41) is 10.3. The Bertz CT molecular complexity index is 411. The van der Waals surface area contributed by atoms with Gasteiger partial charge in [0.1, 0.15) is 6.20 Å². The van der Waals surface area contributed by atoms with Gasteiger partial charge in [0.15, 0.2) is 0 Å². The number of aromatic nitrogens is 2. The van der Waals surface area contributed by atoms with Gasteiger partial charge in [-0.15, -0.1) is 0 Å². The molecular weight excluding hydrogens is 214 g/mol. The van der Waals surface area contributed by atoms with Crippen molar-refractivity contribution in [1.29, 1.82) is 0 Å². The summed E-state index contributed by atoms with van der Waals surface area (Å²) < 4.78 is 4.69. The summed E-state index contributed by atoms with van der Waals surface area (Å²) in [6.45, 7) is 2.05. The topological polar surface area (TPSA) is 98.1 Å². The van der Waals surface area contributed by atoms with E-state index in [1.807, 2.05) is 0 Å². The van der Waals surface area contributed by atoms with E-state index in [1.165, 1.54) is 12.2 Å². The third-order valence-electron chi connectivity index (χ3n) is 1.64. The molecule has 0 fully saturated rings. The number of carbonyl (C=O) groups excluding carboxylic acids is 1. The second-order valence-corrected chi connectivity index (χ2v) is 2.82. The Morgan fingerprint density at radius 2 is 2.50 bits per heavy atom. The van der Waals surface area contributed by atoms with Crippen LogP contribution < -0.4 is 0 Å². The molecule has 0 amide bonds. The average molecular weight is 225 g/mol. The van der Waals surface area contributed by atoms with Gasteiger partial charge in [0.05, 0.1) is 13.0 Å². The Kier molecular flexibility index (Phi) is 4.19. The maximum absolute atomic E-state index is 10.9. The van der Waals surface area contributed by atoms with E-state index in [0.29, 0.717) is 12.4 Å². The fourth-order valence-electron chi connectivity index (χ4n) is 0.991. The van der Waals surface area contributed by atoms with Crippen LogP contribution in [-0.2, 0) is 9.53 Å². The molecule has 0 bridgehead atoms. The van der Waals surface area contributed by atoms with Crippen molar-refractivity contribution in [3.05, 3.63) is 28.2 Å². The van der Waals surface area contributed by atoms with E-state index in [2.05, 4.69) is 9.97 Å². The lowest BCUT2D eigenvalue weighted by molar-refractivity contribution is -0.389. The normalized spacial score (nSPS) is 10.6. The molecule has 0 aliphatic heterocycles. The number of carbonyl (C=O) groups is 1. The molecule has 0 atom stereocenters. The Labute approximate surface area is 91.3 Å². The molecule has 0 saturated carbocycles. The molecule has 0 aliphatic rings. The van der Waals surface area contributed by atoms with Crippen molar-refractivity contribution in [2.24, 2.45) is 0 Å². The molecular formula is C9H11N3O4. The molecule has 7 heteroatoms. The van der Waals surface area contributed by atoms with E-state index >= 15 is 0 Å². The van der Waals surface area contributed by atoms with Crippen molar-refractivity contribution in [1.82, 2.24) is 9.97 Å². The minimum absolute atomic E-state index is 0.113. The van der Waals surface area contributed by atoms with Crippen molar-refractivity contribution in [2.45, 2.75) is 13.3 Å². The van der Waals surface area contributed by atoms with E-state index in [0.717, 1.165) is 6.20 Å². The number of nitrogens with zero attached hydrogens (tertiary/aromatic N) is 2. The first-order valence-corrected chi connectivity index (χ1v) is 4.65. The Balaban J connectivity index is 2.50. The molecule has 0 aromatic carbocycles. The first-order chi connectivity index (χ1) is 7.63. The number of rotatable bonds is 5. The van der Waals surface area contributed by atoms with Gasteiger partial charge in [0, 0.05) is 6.08 Å². The largest absolute Gasteiger partial charge is 0.466 e. The quantitative estimate of drug-likeness (QED) is 0.462. The zero-order valence-electron chi connectivity index (χ0n) is 8.67. The Morgan fingerprint density at radius 1 is 1.75 bits per heavy atom. The zero-order chi connectivity index (χ0) is 12.0. The number of ether oxygens (including phenoxy) is 1. The predicted molar refractivity (Wildman–Crippen MR) is 55.5 cm³/mol. The van der Waals surface area contributed by atoms with E-state index in [4.69, 9.17) is 4.74 Å². The van der Waals surface area contributed by atoms with Gasteiger partial charge in [0.25, 0.3) is 0 Å². The Morgan fingerprint density at radius 3 is 3.06 bits per heavy atom. The summed E-state index contributed by atoms with van der Waals surface area (Å²) >= 11 is 0. The van der Waals surface area contributed by atoms with Gasteiger partial charge in [-0.2, -0.15) is 0 Å². The molecule has 16 heavy (non-hydrogen) atoms. The maximum atomic E-state index is 10.9. The molecule has 86 valence electrons. The number of esters is 1. The molecule has 0 radical (unpaired) electrons. The van der Waals surface area contributed by atoms with Gasteiger partial charge in [-0.1, -0.05) is 6.08 Å². The van der Waals surface area contributed by atoms with E-state index in [9.17, 15) is 14.9 Å². The van der Waals surface area contributed by atoms with Gasteiger partial charge in [0.2, 0.25) is 5.82 Å². The van der Waals surface area contributed by atoms with E-state index < -0.39 is 4.92 Å². The van der Waals surface area contributed by atoms with Crippen molar-refractivity contribution in [3.8, 4) is 0 Å². The average Bonchev–Trinajstić information content (AvgIpc) is 2.67. The van der Waals surface area contributed by atoms with Crippen LogP contribution in [0, 0.1) is 10.1 Å². The van der Waals surface area contributed by atoms with Gasteiger partial charge in [-0.25, -0.2) is 9.97 Å². The first kappa shape index (κ1) is 11.9. The number of aromatic amines is 1. The maximum Gasteiger partial charge on any atom is 0.340 e. The monoisotopic (exact) mass is 225 g/mol. The SMILES string of the molecule is CCOC(=O)CC=Cc1ncc([N+](=O)[O-])[nH]1. The molecule has 1 heterocycles. The van der Waals surface area contributed by atoms with E-state index in [1.54, 1.807) is 6.92 Å². The van der Waals surface area contributed by atoms with Crippen LogP contribution in [0.4, 0.5) is 5.82 Å². The fourth-order valence-corrected chi connectivity index (χ4v) is 0.991. The van der Waals surface area contributed by atoms with Crippen molar-refractivity contribution in [2.75, 3.05) is 6.61 Å². The zero-order valence-corrected chi connectivity index (χ0v) is 8.67. The highest BCUT2D eigenvalue weighted by atomic mass is 16.6. The minimum Gasteiger partial charge on any atom is -0.466 e. The molecule has 1 aromatic rings. The second kappa shape index (κ2) is 5.64. The molecule has 0 saturated heterocycles. The first-order valence-electron chi connectivity index (χ1n) is 4.65. The highest BCUT2D eigenvalue weighted by Crippen LogP contribution is 2.07. The van der Waals surface area contributed by atoms with Gasteiger partial charge in [-0.05, 0) is 11.8 Å².